The summed E-state index contributed by atoms with van der Waals surface area (Å²) in [5.41, 5.74) is 5.31. The van der Waals surface area contributed by atoms with Crippen molar-refractivity contribution in [1.82, 2.24) is 0 Å². The molecule has 0 aromatic carbocycles. The van der Waals surface area contributed by atoms with Gasteiger partial charge in [0.1, 0.15) is 12.6 Å². The molecular weight excluding hydrogens is 649 g/mol. The number of nitrogens with two attached hydrogens (primary N) is 1. The Labute approximate surface area is 297 Å². The van der Waals surface area contributed by atoms with Crippen LogP contribution in [0.3, 0.4) is 0 Å². The monoisotopic (exact) mass is 719 g/mol. The van der Waals surface area contributed by atoms with Crippen molar-refractivity contribution in [3.05, 3.63) is 12.2 Å². The quantitative estimate of drug-likeness (QED) is 0.0244. The van der Waals surface area contributed by atoms with Crippen molar-refractivity contribution in [3.8, 4) is 0 Å². The Bertz CT molecular complexity index is 900. The molecule has 4 N–H and O–H groups in total. The number of aliphatic carboxylic acids is 1. The lowest BCUT2D eigenvalue weighted by molar-refractivity contribution is -0.161. The summed E-state index contributed by atoms with van der Waals surface area (Å²) in [5, 5.41) is 8.85. The van der Waals surface area contributed by atoms with E-state index in [9.17, 15) is 23.8 Å². The van der Waals surface area contributed by atoms with E-state index in [1.165, 1.54) is 77.0 Å². The van der Waals surface area contributed by atoms with Crippen molar-refractivity contribution in [2.45, 2.75) is 187 Å². The van der Waals surface area contributed by atoms with Gasteiger partial charge in [0.15, 0.2) is 6.10 Å². The lowest BCUT2D eigenvalue weighted by Crippen LogP contribution is -2.34. The first-order valence-electron chi connectivity index (χ1n) is 19.2. The van der Waals surface area contributed by atoms with Gasteiger partial charge in [-0.3, -0.25) is 23.4 Å². The summed E-state index contributed by atoms with van der Waals surface area (Å²) in [7, 11) is -4.70. The molecule has 12 heteroatoms. The van der Waals surface area contributed by atoms with E-state index in [4.69, 9.17) is 24.8 Å². The molecule has 0 aliphatic heterocycles. The number of carboxylic acids is 1. The average molecular weight is 720 g/mol. The van der Waals surface area contributed by atoms with Crippen LogP contribution < -0.4 is 5.73 Å². The van der Waals surface area contributed by atoms with Gasteiger partial charge in [0.2, 0.25) is 0 Å². The van der Waals surface area contributed by atoms with E-state index in [1.807, 2.05) is 0 Å². The van der Waals surface area contributed by atoms with Crippen LogP contribution in [0.4, 0.5) is 0 Å². The van der Waals surface area contributed by atoms with Gasteiger partial charge >= 0.3 is 25.7 Å². The average Bonchev–Trinajstić information content (AvgIpc) is 3.07. The first-order valence-corrected chi connectivity index (χ1v) is 20.7. The molecule has 0 bridgehead atoms. The van der Waals surface area contributed by atoms with Crippen LogP contribution in [-0.4, -0.2) is 59.9 Å². The second-order valence-corrected chi connectivity index (χ2v) is 14.5. The number of ether oxygens (including phenoxy) is 2. The molecule has 0 fully saturated rings. The topological polar surface area (TPSA) is 172 Å². The number of phosphoric acid groups is 1. The maximum atomic E-state index is 12.5. The van der Waals surface area contributed by atoms with Crippen LogP contribution in [0, 0.1) is 0 Å². The Hall–Kier alpha value is -1.78. The normalized spacial score (nSPS) is 14.0. The number of unbranched alkanes of at least 4 members (excludes halogenated alkanes) is 20. The van der Waals surface area contributed by atoms with E-state index in [0.717, 1.165) is 57.8 Å². The van der Waals surface area contributed by atoms with E-state index in [-0.39, 0.29) is 19.4 Å². The van der Waals surface area contributed by atoms with E-state index in [0.29, 0.717) is 12.8 Å². The third-order valence-electron chi connectivity index (χ3n) is 8.26. The summed E-state index contributed by atoms with van der Waals surface area (Å²) in [6.07, 6.45) is 29.9. The van der Waals surface area contributed by atoms with Gasteiger partial charge in [-0.2, -0.15) is 0 Å². The molecule has 0 radical (unpaired) electrons. The van der Waals surface area contributed by atoms with Gasteiger partial charge in [-0.25, -0.2) is 4.57 Å². The molecule has 3 unspecified atom stereocenters. The van der Waals surface area contributed by atoms with Gasteiger partial charge in [0.05, 0.1) is 13.2 Å². The molecule has 0 rings (SSSR count). The molecule has 49 heavy (non-hydrogen) atoms. The second kappa shape index (κ2) is 33.4. The minimum absolute atomic E-state index is 0.154. The van der Waals surface area contributed by atoms with Gasteiger partial charge < -0.3 is 25.2 Å². The number of rotatable bonds is 36. The van der Waals surface area contributed by atoms with Crippen LogP contribution in [0.5, 0.6) is 0 Å². The maximum absolute atomic E-state index is 12.5. The zero-order valence-corrected chi connectivity index (χ0v) is 31.7. The number of carbonyl (C=O) groups excluding carboxylic acids is 2. The summed E-state index contributed by atoms with van der Waals surface area (Å²) in [6, 6.07) is -1.52. The van der Waals surface area contributed by atoms with Crippen LogP contribution in [0.1, 0.15) is 174 Å². The molecule has 0 aromatic heterocycles. The lowest BCUT2D eigenvalue weighted by atomic mass is 10.0. The van der Waals surface area contributed by atoms with E-state index in [1.54, 1.807) is 0 Å². The Balaban J connectivity index is 4.43. The highest BCUT2D eigenvalue weighted by Crippen LogP contribution is 2.43. The number of phosphoric ester groups is 1. The predicted molar refractivity (Wildman–Crippen MR) is 194 cm³/mol. The first-order chi connectivity index (χ1) is 23.6. The number of carbonyl (C=O) groups is 3. The minimum atomic E-state index is -4.70. The summed E-state index contributed by atoms with van der Waals surface area (Å²) >= 11 is 0. The molecule has 0 heterocycles. The SMILES string of the molecule is CCCCC/C=C\CCCCCCCC(=O)OC(COC(=O)CCCCCCCCCCCCCCC)COP(=O)(O)OCC(N)C(=O)O. The fourth-order valence-electron chi connectivity index (χ4n) is 5.18. The highest BCUT2D eigenvalue weighted by molar-refractivity contribution is 7.47. The van der Waals surface area contributed by atoms with Crippen LogP contribution in [-0.2, 0) is 37.5 Å². The fraction of sp³-hybridized carbons (Fsp3) is 0.865. The van der Waals surface area contributed by atoms with Crippen molar-refractivity contribution >= 4 is 25.7 Å². The van der Waals surface area contributed by atoms with Gasteiger partial charge in [-0.15, -0.1) is 0 Å². The molecule has 288 valence electrons. The van der Waals surface area contributed by atoms with Crippen molar-refractivity contribution in [2.75, 3.05) is 19.8 Å². The number of esters is 2. The molecule has 0 spiro atoms. The zero-order valence-electron chi connectivity index (χ0n) is 30.8. The number of hydrogen-bond acceptors (Lipinski definition) is 9. The Kier molecular flexibility index (Phi) is 32.2. The third kappa shape index (κ3) is 33.1. The Morgan fingerprint density at radius 2 is 1.02 bits per heavy atom. The number of hydrogen-bond donors (Lipinski definition) is 3. The fourth-order valence-corrected chi connectivity index (χ4v) is 5.95. The number of allylic oxidation sites excluding steroid dienone is 2. The predicted octanol–water partition coefficient (Wildman–Crippen LogP) is 9.34. The van der Waals surface area contributed by atoms with Crippen LogP contribution in [0.25, 0.3) is 0 Å². The highest BCUT2D eigenvalue weighted by atomic mass is 31.2. The van der Waals surface area contributed by atoms with E-state index >= 15 is 0 Å². The van der Waals surface area contributed by atoms with Gasteiger partial charge in [-0.1, -0.05) is 135 Å². The van der Waals surface area contributed by atoms with Crippen molar-refractivity contribution in [2.24, 2.45) is 5.73 Å². The maximum Gasteiger partial charge on any atom is 0.472 e. The van der Waals surface area contributed by atoms with E-state index in [2.05, 4.69) is 30.5 Å². The summed E-state index contributed by atoms with van der Waals surface area (Å²) in [4.78, 5) is 45.7. The highest BCUT2D eigenvalue weighted by Gasteiger charge is 2.28. The smallest absolute Gasteiger partial charge is 0.472 e. The van der Waals surface area contributed by atoms with Gasteiger partial charge in [0, 0.05) is 12.8 Å². The number of carboxylic acid groups (broad SMARTS) is 1. The largest absolute Gasteiger partial charge is 0.480 e. The molecule has 0 amide bonds. The standard InChI is InChI=1S/C37H70NO10P/c1-3-5-7-9-11-13-15-17-19-20-22-24-26-28-35(39)45-30-33(31-46-49(43,44)47-32-34(38)37(41)42)48-36(40)29-27-25-23-21-18-16-14-12-10-8-6-4-2/h12,14,33-34H,3-11,13,15-32,38H2,1-2H3,(H,41,42)(H,43,44)/b14-12-. The van der Waals surface area contributed by atoms with Gasteiger partial charge in [-0.05, 0) is 38.5 Å². The van der Waals surface area contributed by atoms with Crippen molar-refractivity contribution in [1.29, 1.82) is 0 Å². The third-order valence-corrected chi connectivity index (χ3v) is 9.21. The Morgan fingerprint density at radius 1 is 0.612 bits per heavy atom. The van der Waals surface area contributed by atoms with Crippen LogP contribution in [0.2, 0.25) is 0 Å². The van der Waals surface area contributed by atoms with Crippen molar-refractivity contribution < 1.29 is 47.5 Å². The molecule has 0 saturated heterocycles. The minimum Gasteiger partial charge on any atom is -0.480 e. The van der Waals surface area contributed by atoms with Crippen LogP contribution >= 0.6 is 7.82 Å². The van der Waals surface area contributed by atoms with Crippen LogP contribution in [0.15, 0.2) is 12.2 Å². The molecule has 0 aliphatic carbocycles. The molecule has 0 aliphatic rings. The summed E-state index contributed by atoms with van der Waals surface area (Å²) in [6.45, 7) is 2.75. The Morgan fingerprint density at radius 3 is 1.53 bits per heavy atom. The molecular formula is C37H70NO10P. The molecule has 3 atom stereocenters. The lowest BCUT2D eigenvalue weighted by Gasteiger charge is -2.20. The van der Waals surface area contributed by atoms with E-state index < -0.39 is 51.1 Å². The zero-order chi connectivity index (χ0) is 36.4. The molecule has 0 aromatic rings. The molecule has 11 nitrogen and oxygen atoms in total. The molecule has 0 saturated carbocycles. The summed E-state index contributed by atoms with van der Waals surface area (Å²) < 4.78 is 32.5. The van der Waals surface area contributed by atoms with Crippen molar-refractivity contribution in [3.63, 3.8) is 0 Å². The summed E-state index contributed by atoms with van der Waals surface area (Å²) in [5.74, 6) is -2.38. The first kappa shape index (κ1) is 47.2. The van der Waals surface area contributed by atoms with Gasteiger partial charge in [0.25, 0.3) is 0 Å². The second-order valence-electron chi connectivity index (χ2n) is 13.1.